The average Bonchev–Trinajstić information content (AvgIpc) is 3.31. The zero-order valence-corrected chi connectivity index (χ0v) is 17.1. The summed E-state index contributed by atoms with van der Waals surface area (Å²) in [4.78, 5) is 25.1. The van der Waals surface area contributed by atoms with Gasteiger partial charge in [-0.15, -0.1) is 11.8 Å². The zero-order valence-electron chi connectivity index (χ0n) is 16.2. The highest BCUT2D eigenvalue weighted by Crippen LogP contribution is 2.47. The number of esters is 1. The van der Waals surface area contributed by atoms with Crippen molar-refractivity contribution in [2.45, 2.75) is 43.3 Å². The molecule has 2 aromatic carbocycles. The van der Waals surface area contributed by atoms with Gasteiger partial charge in [-0.25, -0.2) is 0 Å². The molecule has 1 aliphatic carbocycles. The molecule has 4 rings (SSSR count). The van der Waals surface area contributed by atoms with Crippen LogP contribution in [0.25, 0.3) is 0 Å². The highest BCUT2D eigenvalue weighted by Gasteiger charge is 2.44. The first kappa shape index (κ1) is 19.6. The minimum atomic E-state index is -0.532. The lowest BCUT2D eigenvalue weighted by Gasteiger charge is -2.21. The summed E-state index contributed by atoms with van der Waals surface area (Å²) < 4.78 is 17.0. The molecule has 0 atom stereocenters. The predicted molar refractivity (Wildman–Crippen MR) is 110 cm³/mol. The number of thioether (sulfide) groups is 1. The van der Waals surface area contributed by atoms with Crippen molar-refractivity contribution in [3.05, 3.63) is 48.0 Å². The molecular weight excluding hydrogens is 390 g/mol. The number of ether oxygens (including phenoxy) is 3. The molecule has 7 heteroatoms. The number of amides is 1. The second-order valence-corrected chi connectivity index (χ2v) is 8.26. The van der Waals surface area contributed by atoms with Gasteiger partial charge >= 0.3 is 5.97 Å². The van der Waals surface area contributed by atoms with Crippen molar-refractivity contribution in [2.24, 2.45) is 0 Å². The van der Waals surface area contributed by atoms with Crippen LogP contribution >= 0.6 is 11.8 Å². The van der Waals surface area contributed by atoms with Crippen molar-refractivity contribution in [1.82, 2.24) is 0 Å². The fourth-order valence-electron chi connectivity index (χ4n) is 3.53. The molecule has 6 nitrogen and oxygen atoms in total. The van der Waals surface area contributed by atoms with E-state index < -0.39 is 17.7 Å². The van der Waals surface area contributed by atoms with E-state index in [9.17, 15) is 9.59 Å². The van der Waals surface area contributed by atoms with E-state index in [0.717, 1.165) is 36.1 Å². The zero-order chi connectivity index (χ0) is 20.3. The Morgan fingerprint density at radius 2 is 1.86 bits per heavy atom. The molecular formula is C22H23NO5S. The van der Waals surface area contributed by atoms with Crippen LogP contribution in [0.1, 0.15) is 31.2 Å². The van der Waals surface area contributed by atoms with E-state index in [1.54, 1.807) is 18.2 Å². The average molecular weight is 413 g/mol. The maximum Gasteiger partial charge on any atom is 0.316 e. The molecule has 1 N–H and O–H groups in total. The molecule has 1 fully saturated rings. The van der Waals surface area contributed by atoms with Gasteiger partial charge in [-0.1, -0.05) is 18.2 Å². The third-order valence-corrected chi connectivity index (χ3v) is 6.14. The molecule has 1 amide bonds. The van der Waals surface area contributed by atoms with E-state index in [1.807, 2.05) is 31.2 Å². The Morgan fingerprint density at radius 3 is 2.66 bits per heavy atom. The monoisotopic (exact) mass is 413 g/mol. The Morgan fingerprint density at radius 1 is 1.10 bits per heavy atom. The topological polar surface area (TPSA) is 73.9 Å². The standard InChI is InChI=1S/C22H23NO5S/c1-15-6-2-3-7-19(15)29-14-21(25)26-13-20(24)23-16-8-9-17-18(12-16)28-22(27-17)10-4-5-11-22/h2-3,6-9,12H,4-5,10-11,13-14H2,1H3,(H,23,24). The molecule has 0 radical (unpaired) electrons. The van der Waals surface area contributed by atoms with Gasteiger partial charge in [-0.2, -0.15) is 0 Å². The molecule has 0 unspecified atom stereocenters. The van der Waals surface area contributed by atoms with Gasteiger partial charge in [0.05, 0.1) is 5.75 Å². The third kappa shape index (κ3) is 4.67. The number of rotatable bonds is 6. The van der Waals surface area contributed by atoms with E-state index in [0.29, 0.717) is 17.2 Å². The van der Waals surface area contributed by atoms with Crippen LogP contribution in [-0.2, 0) is 14.3 Å². The fourth-order valence-corrected chi connectivity index (χ4v) is 4.36. The molecule has 2 aliphatic rings. The lowest BCUT2D eigenvalue weighted by atomic mass is 10.2. The molecule has 0 bridgehead atoms. The Balaban J connectivity index is 1.24. The molecule has 152 valence electrons. The number of aryl methyl sites for hydroxylation is 1. The number of anilines is 1. The Bertz CT molecular complexity index is 923. The second kappa shape index (κ2) is 8.37. The number of benzene rings is 2. The van der Waals surface area contributed by atoms with Gasteiger partial charge in [-0.05, 0) is 43.5 Å². The summed E-state index contributed by atoms with van der Waals surface area (Å²) in [6.45, 7) is 1.66. The van der Waals surface area contributed by atoms with E-state index in [1.165, 1.54) is 11.8 Å². The van der Waals surface area contributed by atoms with Crippen molar-refractivity contribution in [1.29, 1.82) is 0 Å². The lowest BCUT2D eigenvalue weighted by Crippen LogP contribution is -2.34. The van der Waals surface area contributed by atoms with Gasteiger partial charge in [0, 0.05) is 29.5 Å². The Labute approximate surface area is 173 Å². The summed E-state index contributed by atoms with van der Waals surface area (Å²) in [5.74, 6) is 0.135. The maximum absolute atomic E-state index is 12.1. The molecule has 0 saturated heterocycles. The lowest BCUT2D eigenvalue weighted by molar-refractivity contribution is -0.144. The fraction of sp³-hybridized carbons (Fsp3) is 0.364. The predicted octanol–water partition coefficient (Wildman–Crippen LogP) is 4.31. The number of carbonyl (C=O) groups excluding carboxylic acids is 2. The van der Waals surface area contributed by atoms with E-state index >= 15 is 0 Å². The van der Waals surface area contributed by atoms with Crippen LogP contribution < -0.4 is 14.8 Å². The minimum absolute atomic E-state index is 0.157. The van der Waals surface area contributed by atoms with Crippen molar-refractivity contribution in [3.63, 3.8) is 0 Å². The first-order chi connectivity index (χ1) is 14.0. The van der Waals surface area contributed by atoms with Gasteiger partial charge in [-0.3, -0.25) is 9.59 Å². The number of carbonyl (C=O) groups is 2. The van der Waals surface area contributed by atoms with Crippen LogP contribution in [0, 0.1) is 6.92 Å². The van der Waals surface area contributed by atoms with E-state index in [-0.39, 0.29) is 12.4 Å². The summed E-state index contributed by atoms with van der Waals surface area (Å²) in [5.41, 5.74) is 1.68. The Kier molecular flexibility index (Phi) is 5.67. The van der Waals surface area contributed by atoms with Gasteiger partial charge in [0.1, 0.15) is 0 Å². The molecule has 29 heavy (non-hydrogen) atoms. The summed E-state index contributed by atoms with van der Waals surface area (Å²) in [6, 6.07) is 13.1. The van der Waals surface area contributed by atoms with Crippen molar-refractivity contribution in [2.75, 3.05) is 17.7 Å². The van der Waals surface area contributed by atoms with Crippen LogP contribution in [0.4, 0.5) is 5.69 Å². The SMILES string of the molecule is Cc1ccccc1SCC(=O)OCC(=O)Nc1ccc2c(c1)OC1(CCCC1)O2. The molecule has 1 aliphatic heterocycles. The van der Waals surface area contributed by atoms with Gasteiger partial charge in [0.25, 0.3) is 11.7 Å². The first-order valence-electron chi connectivity index (χ1n) is 9.69. The van der Waals surface area contributed by atoms with Crippen molar-refractivity contribution < 1.29 is 23.8 Å². The van der Waals surface area contributed by atoms with Crippen LogP contribution in [0.15, 0.2) is 47.4 Å². The number of nitrogens with one attached hydrogen (secondary N) is 1. The number of hydrogen-bond acceptors (Lipinski definition) is 6. The summed E-state index contributed by atoms with van der Waals surface area (Å²) >= 11 is 1.40. The van der Waals surface area contributed by atoms with Crippen LogP contribution in [0.5, 0.6) is 11.5 Å². The van der Waals surface area contributed by atoms with E-state index in [4.69, 9.17) is 14.2 Å². The second-order valence-electron chi connectivity index (χ2n) is 7.25. The highest BCUT2D eigenvalue weighted by atomic mass is 32.2. The normalized spacial score (nSPS) is 16.0. The summed E-state index contributed by atoms with van der Waals surface area (Å²) in [7, 11) is 0. The largest absolute Gasteiger partial charge is 0.455 e. The quantitative estimate of drug-likeness (QED) is 0.562. The maximum atomic E-state index is 12.1. The van der Waals surface area contributed by atoms with Crippen molar-refractivity contribution in [3.8, 4) is 11.5 Å². The first-order valence-corrected chi connectivity index (χ1v) is 10.7. The molecule has 2 aromatic rings. The molecule has 1 spiro atoms. The summed E-state index contributed by atoms with van der Waals surface area (Å²) in [6.07, 6.45) is 3.93. The third-order valence-electron chi connectivity index (χ3n) is 4.99. The van der Waals surface area contributed by atoms with Gasteiger partial charge < -0.3 is 19.5 Å². The smallest absolute Gasteiger partial charge is 0.316 e. The molecule has 1 saturated carbocycles. The highest BCUT2D eigenvalue weighted by molar-refractivity contribution is 8.00. The molecule has 0 aromatic heterocycles. The van der Waals surface area contributed by atoms with Gasteiger partial charge in [0.15, 0.2) is 18.1 Å². The minimum Gasteiger partial charge on any atom is -0.455 e. The van der Waals surface area contributed by atoms with Crippen LogP contribution in [-0.4, -0.2) is 30.0 Å². The van der Waals surface area contributed by atoms with Crippen LogP contribution in [0.2, 0.25) is 0 Å². The van der Waals surface area contributed by atoms with Gasteiger partial charge in [0.2, 0.25) is 0 Å². The number of fused-ring (bicyclic) bond motifs is 1. The van der Waals surface area contributed by atoms with E-state index in [2.05, 4.69) is 5.32 Å². The Hall–Kier alpha value is -2.67. The molecule has 1 heterocycles. The number of hydrogen-bond donors (Lipinski definition) is 1. The summed E-state index contributed by atoms with van der Waals surface area (Å²) in [5, 5.41) is 2.73. The van der Waals surface area contributed by atoms with Crippen LogP contribution in [0.3, 0.4) is 0 Å². The van der Waals surface area contributed by atoms with Crippen molar-refractivity contribution >= 4 is 29.3 Å².